The Balaban J connectivity index is 1.34. The predicted molar refractivity (Wildman–Crippen MR) is 101 cm³/mol. The van der Waals surface area contributed by atoms with Gasteiger partial charge in [0.2, 0.25) is 0 Å². The minimum absolute atomic E-state index is 0.0102. The number of rotatable bonds is 5. The number of nitrogens with zero attached hydrogens (tertiary/aromatic N) is 2. The van der Waals surface area contributed by atoms with Gasteiger partial charge in [-0.05, 0) is 36.4 Å². The lowest BCUT2D eigenvalue weighted by Gasteiger charge is -2.23. The van der Waals surface area contributed by atoms with Gasteiger partial charge in [0.25, 0.3) is 17.7 Å². The number of benzene rings is 1. The highest BCUT2D eigenvalue weighted by Crippen LogP contribution is 2.24. The maximum absolute atomic E-state index is 12.5. The number of esters is 1. The van der Waals surface area contributed by atoms with E-state index in [9.17, 15) is 19.2 Å². The lowest BCUT2D eigenvalue weighted by atomic mass is 10.1. The van der Waals surface area contributed by atoms with Crippen LogP contribution in [-0.4, -0.2) is 59.2 Å². The normalized spacial score (nSPS) is 18.5. The topological polar surface area (TPSA) is 84.0 Å². The van der Waals surface area contributed by atoms with Gasteiger partial charge in [0, 0.05) is 6.54 Å². The second kappa shape index (κ2) is 7.55. The maximum atomic E-state index is 12.5. The highest BCUT2D eigenvalue weighted by molar-refractivity contribution is 7.12. The van der Waals surface area contributed by atoms with E-state index in [1.807, 2.05) is 5.38 Å². The molecule has 0 spiro atoms. The number of ether oxygens (including phenoxy) is 1. The molecule has 2 aromatic rings. The van der Waals surface area contributed by atoms with E-state index < -0.39 is 12.0 Å². The Bertz CT molecular complexity index is 905. The van der Waals surface area contributed by atoms with Crippen LogP contribution < -0.4 is 0 Å². The third kappa shape index (κ3) is 3.20. The quantitative estimate of drug-likeness (QED) is 0.569. The first-order valence-corrected chi connectivity index (χ1v) is 9.92. The third-order valence-corrected chi connectivity index (χ3v) is 5.81. The lowest BCUT2D eigenvalue weighted by Crippen LogP contribution is -2.42. The number of fused-ring (bicyclic) bond motifs is 1. The van der Waals surface area contributed by atoms with Gasteiger partial charge in [-0.2, -0.15) is 0 Å². The van der Waals surface area contributed by atoms with Crippen LogP contribution in [0.1, 0.15) is 43.2 Å². The Morgan fingerprint density at radius 3 is 2.43 bits per heavy atom. The summed E-state index contributed by atoms with van der Waals surface area (Å²) < 4.78 is 5.31. The zero-order valence-electron chi connectivity index (χ0n) is 15.0. The fourth-order valence-electron chi connectivity index (χ4n) is 3.57. The standard InChI is InChI=1S/C20H18N2O5S/c23-17-13-5-1-2-6-14(13)18(24)22(17)10-11-27-20(26)15-7-3-9-21(15)19(25)16-8-4-12-28-16/h1-2,4-6,8,12,15H,3,7,9-11H2/t15-/m0/s1. The van der Waals surface area contributed by atoms with Gasteiger partial charge in [-0.3, -0.25) is 19.3 Å². The molecular weight excluding hydrogens is 380 g/mol. The number of hydrogen-bond donors (Lipinski definition) is 0. The van der Waals surface area contributed by atoms with E-state index in [2.05, 4.69) is 0 Å². The molecule has 7 nitrogen and oxygen atoms in total. The van der Waals surface area contributed by atoms with Crippen molar-refractivity contribution >= 4 is 35.0 Å². The van der Waals surface area contributed by atoms with Crippen molar-refractivity contribution in [1.82, 2.24) is 9.80 Å². The average Bonchev–Trinajstić information content (AvgIpc) is 3.45. The summed E-state index contributed by atoms with van der Waals surface area (Å²) in [6, 6.07) is 9.51. The molecule has 0 bridgehead atoms. The van der Waals surface area contributed by atoms with E-state index in [1.54, 1.807) is 36.4 Å². The Morgan fingerprint density at radius 1 is 1.07 bits per heavy atom. The molecule has 0 unspecified atom stereocenters. The Labute approximate surface area is 165 Å². The van der Waals surface area contributed by atoms with Crippen molar-refractivity contribution in [2.45, 2.75) is 18.9 Å². The van der Waals surface area contributed by atoms with E-state index >= 15 is 0 Å². The van der Waals surface area contributed by atoms with Crippen LogP contribution in [0.2, 0.25) is 0 Å². The molecule has 1 saturated heterocycles. The fraction of sp³-hybridized carbons (Fsp3) is 0.300. The molecule has 1 aromatic carbocycles. The lowest BCUT2D eigenvalue weighted by molar-refractivity contribution is -0.148. The molecule has 2 aliphatic rings. The molecule has 0 radical (unpaired) electrons. The Morgan fingerprint density at radius 2 is 1.79 bits per heavy atom. The zero-order chi connectivity index (χ0) is 19.7. The number of carbonyl (C=O) groups is 4. The summed E-state index contributed by atoms with van der Waals surface area (Å²) in [4.78, 5) is 52.9. The molecule has 1 atom stereocenters. The van der Waals surface area contributed by atoms with Gasteiger partial charge in [0.05, 0.1) is 22.5 Å². The number of thiophene rings is 1. The summed E-state index contributed by atoms with van der Waals surface area (Å²) in [5.41, 5.74) is 0.727. The SMILES string of the molecule is O=C(OCCN1C(=O)c2ccccc2C1=O)[C@@H]1CCCN1C(=O)c1cccs1. The van der Waals surface area contributed by atoms with Crippen LogP contribution in [0.15, 0.2) is 41.8 Å². The van der Waals surface area contributed by atoms with Gasteiger partial charge in [0.1, 0.15) is 12.6 Å². The molecule has 2 aliphatic heterocycles. The van der Waals surface area contributed by atoms with Crippen molar-refractivity contribution in [2.75, 3.05) is 19.7 Å². The van der Waals surface area contributed by atoms with Crippen LogP contribution in [0.5, 0.6) is 0 Å². The van der Waals surface area contributed by atoms with Crippen molar-refractivity contribution in [3.8, 4) is 0 Å². The molecule has 0 N–H and O–H groups in total. The summed E-state index contributed by atoms with van der Waals surface area (Å²) in [6.45, 7) is 0.403. The van der Waals surface area contributed by atoms with Crippen molar-refractivity contribution < 1.29 is 23.9 Å². The second-order valence-electron chi connectivity index (χ2n) is 6.61. The third-order valence-electron chi connectivity index (χ3n) is 4.96. The first-order valence-electron chi connectivity index (χ1n) is 9.04. The largest absolute Gasteiger partial charge is 0.462 e. The molecule has 0 aliphatic carbocycles. The number of likely N-dealkylation sites (tertiary alicyclic amines) is 1. The fourth-order valence-corrected chi connectivity index (χ4v) is 4.25. The van der Waals surface area contributed by atoms with Crippen molar-refractivity contribution in [2.24, 2.45) is 0 Å². The van der Waals surface area contributed by atoms with Gasteiger partial charge in [-0.1, -0.05) is 18.2 Å². The van der Waals surface area contributed by atoms with Crippen LogP contribution in [0.25, 0.3) is 0 Å². The Hall–Kier alpha value is -3.00. The van der Waals surface area contributed by atoms with Gasteiger partial charge < -0.3 is 9.64 Å². The summed E-state index contributed by atoms with van der Waals surface area (Å²) in [5.74, 6) is -1.44. The first kappa shape index (κ1) is 18.4. The highest BCUT2D eigenvalue weighted by atomic mass is 32.1. The summed E-state index contributed by atoms with van der Waals surface area (Å²) >= 11 is 1.34. The predicted octanol–water partition coefficient (Wildman–Crippen LogP) is 2.19. The smallest absolute Gasteiger partial charge is 0.328 e. The molecular formula is C20H18N2O5S. The van der Waals surface area contributed by atoms with Gasteiger partial charge in [0.15, 0.2) is 0 Å². The number of hydrogen-bond acceptors (Lipinski definition) is 6. The van der Waals surface area contributed by atoms with E-state index in [0.717, 1.165) is 11.3 Å². The highest BCUT2D eigenvalue weighted by Gasteiger charge is 2.37. The first-order chi connectivity index (χ1) is 13.6. The molecule has 3 amide bonds. The maximum Gasteiger partial charge on any atom is 0.328 e. The van der Waals surface area contributed by atoms with E-state index in [1.165, 1.54) is 16.2 Å². The second-order valence-corrected chi connectivity index (χ2v) is 7.56. The molecule has 4 rings (SSSR count). The number of amides is 3. The zero-order valence-corrected chi connectivity index (χ0v) is 15.8. The van der Waals surface area contributed by atoms with Crippen LogP contribution in [0, 0.1) is 0 Å². The van der Waals surface area contributed by atoms with Crippen LogP contribution in [-0.2, 0) is 9.53 Å². The monoisotopic (exact) mass is 398 g/mol. The summed E-state index contributed by atoms with van der Waals surface area (Å²) in [5, 5.41) is 1.82. The van der Waals surface area contributed by atoms with E-state index in [-0.39, 0.29) is 30.9 Å². The molecule has 8 heteroatoms. The molecule has 144 valence electrons. The van der Waals surface area contributed by atoms with Crippen LogP contribution in [0.4, 0.5) is 0 Å². The van der Waals surface area contributed by atoms with Crippen molar-refractivity contribution in [1.29, 1.82) is 0 Å². The van der Waals surface area contributed by atoms with E-state index in [4.69, 9.17) is 4.74 Å². The van der Waals surface area contributed by atoms with Gasteiger partial charge >= 0.3 is 5.97 Å². The van der Waals surface area contributed by atoms with Gasteiger partial charge in [-0.15, -0.1) is 11.3 Å². The minimum Gasteiger partial charge on any atom is -0.462 e. The molecule has 28 heavy (non-hydrogen) atoms. The summed E-state index contributed by atoms with van der Waals surface area (Å²) in [6.07, 6.45) is 1.28. The van der Waals surface area contributed by atoms with Crippen LogP contribution >= 0.6 is 11.3 Å². The van der Waals surface area contributed by atoms with E-state index in [0.29, 0.717) is 29.0 Å². The molecule has 1 aromatic heterocycles. The summed E-state index contributed by atoms with van der Waals surface area (Å²) in [7, 11) is 0. The number of imide groups is 1. The molecule has 1 fully saturated rings. The molecule has 3 heterocycles. The van der Waals surface area contributed by atoms with Crippen LogP contribution in [0.3, 0.4) is 0 Å². The average molecular weight is 398 g/mol. The minimum atomic E-state index is -0.628. The number of carbonyl (C=O) groups excluding carboxylic acids is 4. The van der Waals surface area contributed by atoms with Crippen molar-refractivity contribution in [3.05, 3.63) is 57.8 Å². The molecule has 0 saturated carbocycles. The van der Waals surface area contributed by atoms with Crippen molar-refractivity contribution in [3.63, 3.8) is 0 Å². The Kier molecular flexibility index (Phi) is 4.95. The van der Waals surface area contributed by atoms with Gasteiger partial charge in [-0.25, -0.2) is 4.79 Å².